The van der Waals surface area contributed by atoms with Crippen molar-refractivity contribution in [3.05, 3.63) is 131 Å². The van der Waals surface area contributed by atoms with E-state index in [4.69, 9.17) is 14.6 Å². The summed E-state index contributed by atoms with van der Waals surface area (Å²) in [5, 5.41) is 21.7. The fraction of sp³-hybridized carbons (Fsp3) is 0.482. The van der Waals surface area contributed by atoms with Gasteiger partial charge in [0.2, 0.25) is 0 Å². The van der Waals surface area contributed by atoms with E-state index in [1.54, 1.807) is 0 Å². The van der Waals surface area contributed by atoms with Gasteiger partial charge in [0.1, 0.15) is 19.3 Å². The monoisotopic (exact) mass is 951 g/mol. The van der Waals surface area contributed by atoms with Crippen LogP contribution in [0, 0.1) is 17.8 Å². The number of aliphatic carboxylic acids is 2. The molecule has 4 amide bonds. The number of nitrogens with one attached hydrogen (secondary N) is 1. The Hall–Kier alpha value is -6.41. The van der Waals surface area contributed by atoms with Gasteiger partial charge in [-0.05, 0) is 111 Å². The molecular formula is C56H65N5O9. The first-order valence-electron chi connectivity index (χ1n) is 25.6. The summed E-state index contributed by atoms with van der Waals surface area (Å²) in [5.41, 5.74) is 5.98. The van der Waals surface area contributed by atoms with Gasteiger partial charge in [-0.3, -0.25) is 14.6 Å². The van der Waals surface area contributed by atoms with Crippen LogP contribution in [0.15, 0.2) is 109 Å². The van der Waals surface area contributed by atoms with Crippen LogP contribution in [0.5, 0.6) is 0 Å². The highest BCUT2D eigenvalue weighted by Gasteiger charge is 2.54. The predicted molar refractivity (Wildman–Crippen MR) is 263 cm³/mol. The maximum Gasteiger partial charge on any atom is 0.414 e. The van der Waals surface area contributed by atoms with E-state index in [1.807, 2.05) is 106 Å². The summed E-state index contributed by atoms with van der Waals surface area (Å²) in [7, 11) is 0. The topological polar surface area (TPSA) is 169 Å². The van der Waals surface area contributed by atoms with Gasteiger partial charge in [-0.2, -0.15) is 0 Å². The number of urea groups is 1. The zero-order valence-electron chi connectivity index (χ0n) is 39.7. The summed E-state index contributed by atoms with van der Waals surface area (Å²) in [6.07, 6.45) is 13.4. The maximum absolute atomic E-state index is 13.8. The van der Waals surface area contributed by atoms with Crippen molar-refractivity contribution in [1.29, 1.82) is 0 Å². The third-order valence-electron chi connectivity index (χ3n) is 15.9. The molecule has 3 heterocycles. The fourth-order valence-corrected chi connectivity index (χ4v) is 11.7. The van der Waals surface area contributed by atoms with Crippen LogP contribution in [0.25, 0.3) is 0 Å². The number of para-hydroxylation sites is 2. The number of nitrogens with zero attached hydrogens (tertiary/aromatic N) is 4. The standard InChI is InChI=1S/C28H31N3O5.C23H26N2O2.C5H8O2/c32-26(33)24-15-16-29(24)27(34)30(19-13-14-19)25-20-9-4-5-11-22(20)31(23-12-6-10-21(23)25)28(35)36-17-18-7-2-1-3-8-18;26-23(27-15-16-7-2-1-3-8-16)25-20-11-5-4-9-18(20)22(24-17-13-14-17)19-10-6-12-21(19)25;6-5(7)4-2-1-3-4/h1-5,7-9,11,19,21,23-25H,6,10,12-17H2,(H,32,33);1-5,7-9,11,17,19,21-22,24H,6,10,12-15H2;4H,1-3H2,(H,6,7)/t21?,23?,24-,25?;;/m0../s1. The number of anilines is 2. The van der Waals surface area contributed by atoms with Crippen molar-refractivity contribution in [1.82, 2.24) is 15.1 Å². The lowest BCUT2D eigenvalue weighted by atomic mass is 9.81. The van der Waals surface area contributed by atoms with E-state index in [0.29, 0.717) is 37.6 Å². The Kier molecular flexibility index (Phi) is 14.1. The zero-order valence-corrected chi connectivity index (χ0v) is 39.7. The smallest absolute Gasteiger partial charge is 0.414 e. The van der Waals surface area contributed by atoms with E-state index >= 15 is 0 Å². The van der Waals surface area contributed by atoms with Crippen molar-refractivity contribution in [2.45, 2.75) is 145 Å². The summed E-state index contributed by atoms with van der Waals surface area (Å²) in [5.74, 6) is -1.00. The molecule has 4 aromatic carbocycles. The van der Waals surface area contributed by atoms with Crippen LogP contribution in [-0.2, 0) is 32.3 Å². The molecule has 7 atom stereocenters. The Bertz CT molecular complexity index is 2510. The second-order valence-electron chi connectivity index (χ2n) is 20.3. The molecule has 14 nitrogen and oxygen atoms in total. The quantitative estimate of drug-likeness (QED) is 0.139. The number of fused-ring (bicyclic) bond motifs is 4. The summed E-state index contributed by atoms with van der Waals surface area (Å²) >= 11 is 0. The lowest BCUT2D eigenvalue weighted by molar-refractivity contribution is -0.146. The van der Waals surface area contributed by atoms with Crippen molar-refractivity contribution in [2.75, 3.05) is 16.3 Å². The first kappa shape index (κ1) is 47.3. The summed E-state index contributed by atoms with van der Waals surface area (Å²) in [6.45, 7) is 0.996. The molecule has 0 bridgehead atoms. The van der Waals surface area contributed by atoms with Crippen LogP contribution in [0.1, 0.15) is 124 Å². The molecule has 0 radical (unpaired) electrons. The second-order valence-corrected chi connectivity index (χ2v) is 20.3. The molecule has 0 aromatic heterocycles. The Morgan fingerprint density at radius 2 is 1.07 bits per heavy atom. The number of carboxylic acids is 2. The lowest BCUT2D eigenvalue weighted by Crippen LogP contribution is -2.61. The average molecular weight is 952 g/mol. The van der Waals surface area contributed by atoms with Gasteiger partial charge in [-0.25, -0.2) is 19.2 Å². The van der Waals surface area contributed by atoms with Gasteiger partial charge in [-0.1, -0.05) is 116 Å². The van der Waals surface area contributed by atoms with Crippen LogP contribution < -0.4 is 15.1 Å². The Balaban J connectivity index is 0.000000146. The zero-order chi connectivity index (χ0) is 48.3. The Morgan fingerprint density at radius 3 is 1.56 bits per heavy atom. The highest BCUT2D eigenvalue weighted by molar-refractivity contribution is 5.92. The number of rotatable bonds is 10. The number of amides is 4. The molecule has 0 spiro atoms. The Labute approximate surface area is 409 Å². The van der Waals surface area contributed by atoms with Crippen LogP contribution >= 0.6 is 0 Å². The average Bonchev–Trinajstić information content (AvgIpc) is 4.25. The van der Waals surface area contributed by atoms with Gasteiger partial charge >= 0.3 is 30.2 Å². The number of ether oxygens (including phenoxy) is 2. The molecule has 5 saturated carbocycles. The summed E-state index contributed by atoms with van der Waals surface area (Å²) in [6, 6.07) is 36.0. The van der Waals surface area contributed by atoms with Gasteiger partial charge in [-0.15, -0.1) is 0 Å². The summed E-state index contributed by atoms with van der Waals surface area (Å²) < 4.78 is 11.5. The number of hydrogen-bond donors (Lipinski definition) is 3. The third-order valence-corrected chi connectivity index (χ3v) is 15.9. The normalized spacial score (nSPS) is 25.9. The lowest BCUT2D eigenvalue weighted by Gasteiger charge is -2.49. The molecule has 5 aliphatic carbocycles. The minimum Gasteiger partial charge on any atom is -0.481 e. The van der Waals surface area contributed by atoms with Gasteiger partial charge in [0.05, 0.1) is 23.3 Å². The van der Waals surface area contributed by atoms with Crippen LogP contribution in [-0.4, -0.2) is 86.9 Å². The molecule has 70 heavy (non-hydrogen) atoms. The van der Waals surface area contributed by atoms with Crippen molar-refractivity contribution in [2.24, 2.45) is 17.8 Å². The molecule has 3 N–H and O–H groups in total. The van der Waals surface area contributed by atoms with E-state index < -0.39 is 18.0 Å². The number of carbonyl (C=O) groups excluding carboxylic acids is 3. The number of benzene rings is 4. The van der Waals surface area contributed by atoms with Crippen molar-refractivity contribution >= 4 is 41.5 Å². The van der Waals surface area contributed by atoms with E-state index in [1.165, 1.54) is 36.1 Å². The second kappa shape index (κ2) is 20.9. The number of carboxylic acid groups (broad SMARTS) is 2. The molecule has 1 saturated heterocycles. The molecule has 8 aliphatic rings. The van der Waals surface area contributed by atoms with Crippen LogP contribution in [0.2, 0.25) is 0 Å². The predicted octanol–water partition coefficient (Wildman–Crippen LogP) is 10.5. The minimum atomic E-state index is -0.944. The van der Waals surface area contributed by atoms with Gasteiger partial charge < -0.3 is 34.8 Å². The first-order valence-corrected chi connectivity index (χ1v) is 25.6. The molecule has 6 unspecified atom stereocenters. The van der Waals surface area contributed by atoms with Gasteiger partial charge in [0.25, 0.3) is 0 Å². The molecule has 3 aliphatic heterocycles. The van der Waals surface area contributed by atoms with Crippen LogP contribution in [0.3, 0.4) is 0 Å². The highest BCUT2D eigenvalue weighted by Crippen LogP contribution is 2.53. The van der Waals surface area contributed by atoms with E-state index in [2.05, 4.69) is 23.5 Å². The minimum absolute atomic E-state index is 0.000000000000000444. The van der Waals surface area contributed by atoms with Gasteiger partial charge in [0.15, 0.2) is 0 Å². The van der Waals surface area contributed by atoms with E-state index in [0.717, 1.165) is 85.9 Å². The maximum atomic E-state index is 13.8. The molecule has 14 heteroatoms. The molecule has 368 valence electrons. The third kappa shape index (κ3) is 9.97. The number of carbonyl (C=O) groups is 5. The molecule has 4 aromatic rings. The van der Waals surface area contributed by atoms with Crippen LogP contribution in [0.4, 0.5) is 25.8 Å². The fourth-order valence-electron chi connectivity index (χ4n) is 11.7. The Morgan fingerprint density at radius 1 is 0.557 bits per heavy atom. The molecule has 12 rings (SSSR count). The molecular weight excluding hydrogens is 887 g/mol. The number of hydrogen-bond acceptors (Lipinski definition) is 8. The molecule has 6 fully saturated rings. The van der Waals surface area contributed by atoms with Crippen molar-refractivity contribution in [3.8, 4) is 0 Å². The van der Waals surface area contributed by atoms with Crippen molar-refractivity contribution in [3.63, 3.8) is 0 Å². The summed E-state index contributed by atoms with van der Waals surface area (Å²) in [4.78, 5) is 69.2. The van der Waals surface area contributed by atoms with E-state index in [-0.39, 0.29) is 60.8 Å². The SMILES string of the molecule is O=C(O)C1CCC1.O=C(O)[C@@H]1CCN1C(=O)N(C1CC1)C1c2ccccc2N(C(=O)OCc2ccccc2)C2CCCC21.O=C(OCc1ccccc1)N1c2ccccc2C(NC2CC2)C2CCCC21. The van der Waals surface area contributed by atoms with E-state index in [9.17, 15) is 29.1 Å². The number of likely N-dealkylation sites (tertiary alicyclic amines) is 1. The van der Waals surface area contributed by atoms with Crippen molar-refractivity contribution < 1.29 is 43.7 Å². The highest BCUT2D eigenvalue weighted by atomic mass is 16.6. The largest absolute Gasteiger partial charge is 0.481 e. The van der Waals surface area contributed by atoms with Gasteiger partial charge in [0, 0.05) is 42.7 Å². The first-order chi connectivity index (χ1) is 34.2.